The smallest absolute Gasteiger partial charge is 0.218 e. The van der Waals surface area contributed by atoms with Crippen LogP contribution in [0.15, 0.2) is 17.6 Å². The summed E-state index contributed by atoms with van der Waals surface area (Å²) in [5.74, 6) is 0.0694. The van der Waals surface area contributed by atoms with Crippen molar-refractivity contribution in [3.63, 3.8) is 0 Å². The van der Waals surface area contributed by atoms with Gasteiger partial charge in [0.25, 0.3) is 0 Å². The molecule has 0 N–H and O–H groups in total. The number of aromatic nitrogens is 1. The Bertz CT molecular complexity index is 180. The molecule has 0 unspecified atom stereocenters. The van der Waals surface area contributed by atoms with E-state index in [-0.39, 0.29) is 5.91 Å². The molecule has 0 atom stereocenters. The fourth-order valence-electron chi connectivity index (χ4n) is 0.428. The van der Waals surface area contributed by atoms with Gasteiger partial charge in [-0.15, -0.1) is 0 Å². The van der Waals surface area contributed by atoms with E-state index in [2.05, 4.69) is 0 Å². The number of hydrogen-bond donors (Lipinski definition) is 0. The number of hydrogen-bond acceptors (Lipinski definition) is 2. The summed E-state index contributed by atoms with van der Waals surface area (Å²) in [4.78, 5) is 10.5. The molecule has 0 radical (unpaired) electrons. The molecule has 1 heterocycles. The van der Waals surface area contributed by atoms with Gasteiger partial charge in [0, 0.05) is 6.07 Å². The maximum atomic E-state index is 10.5. The topological polar surface area (TPSA) is 20.9 Å². The Kier molecular flexibility index (Phi) is 1.39. The van der Waals surface area contributed by atoms with Gasteiger partial charge in [0.05, 0.1) is 12.3 Å². The van der Waals surface area contributed by atoms with Gasteiger partial charge in [0.2, 0.25) is 0 Å². The second kappa shape index (κ2) is 2.05. The van der Waals surface area contributed by atoms with Crippen molar-refractivity contribution in [1.29, 1.82) is 0 Å². The van der Waals surface area contributed by atoms with Crippen LogP contribution in [0.1, 0.15) is 11.7 Å². The van der Waals surface area contributed by atoms with Crippen LogP contribution in [-0.2, 0) is 0 Å². The van der Waals surface area contributed by atoms with Crippen LogP contribution in [0.5, 0.6) is 0 Å². The van der Waals surface area contributed by atoms with Gasteiger partial charge in [0.15, 0.2) is 6.20 Å². The van der Waals surface area contributed by atoms with Crippen molar-refractivity contribution < 1.29 is 8.75 Å². The number of carbonyl (C=O) groups is 1. The van der Waals surface area contributed by atoms with Crippen LogP contribution in [0.4, 0.5) is 0 Å². The van der Waals surface area contributed by atoms with Gasteiger partial charge < -0.3 is 0 Å². The van der Waals surface area contributed by atoms with E-state index in [9.17, 15) is 4.79 Å². The van der Waals surface area contributed by atoms with Crippen molar-refractivity contribution in [1.82, 2.24) is 0 Å². The van der Waals surface area contributed by atoms with Gasteiger partial charge >= 0.3 is 5.91 Å². The van der Waals surface area contributed by atoms with Crippen molar-refractivity contribution in [2.75, 3.05) is 0 Å². The molecule has 3 heteroatoms. The lowest BCUT2D eigenvalue weighted by Crippen LogP contribution is -2.34. The fourth-order valence-corrected chi connectivity index (χ4v) is 0.989. The van der Waals surface area contributed by atoms with Crippen molar-refractivity contribution in [3.8, 4) is 0 Å². The molecule has 0 spiro atoms. The average molecular weight is 128 g/mol. The Hall–Kier alpha value is -0.700. The van der Waals surface area contributed by atoms with Gasteiger partial charge in [-0.2, -0.15) is 0 Å². The molecule has 0 aliphatic heterocycles. The third kappa shape index (κ3) is 0.924. The van der Waals surface area contributed by atoms with Gasteiger partial charge in [0.1, 0.15) is 11.5 Å². The Morgan fingerprint density at radius 2 is 2.50 bits per heavy atom. The van der Waals surface area contributed by atoms with Crippen LogP contribution >= 0.6 is 11.5 Å². The van der Waals surface area contributed by atoms with E-state index in [1.807, 2.05) is 11.4 Å². The summed E-state index contributed by atoms with van der Waals surface area (Å²) >= 11 is 1.40. The quantitative estimate of drug-likeness (QED) is 0.471. The molecule has 0 bridgehead atoms. The van der Waals surface area contributed by atoms with Gasteiger partial charge in [-0.25, -0.2) is 4.79 Å². The number of rotatable bonds is 0. The second-order valence-electron chi connectivity index (χ2n) is 1.43. The first kappa shape index (κ1) is 5.44. The Labute approximate surface area is 51.5 Å². The van der Waals surface area contributed by atoms with Crippen molar-refractivity contribution in [2.45, 2.75) is 6.92 Å². The Morgan fingerprint density at radius 1 is 1.75 bits per heavy atom. The summed E-state index contributed by atoms with van der Waals surface area (Å²) in [6.07, 6.45) is 1.74. The van der Waals surface area contributed by atoms with Crippen molar-refractivity contribution in [2.24, 2.45) is 0 Å². The maximum Gasteiger partial charge on any atom is 0.402 e. The molecule has 42 valence electrons. The highest BCUT2D eigenvalue weighted by Crippen LogP contribution is 1.84. The van der Waals surface area contributed by atoms with Crippen LogP contribution in [-0.4, -0.2) is 5.91 Å². The molecule has 0 fully saturated rings. The molecule has 8 heavy (non-hydrogen) atoms. The lowest BCUT2D eigenvalue weighted by molar-refractivity contribution is -0.498. The largest absolute Gasteiger partial charge is 0.402 e. The van der Waals surface area contributed by atoms with E-state index in [0.717, 1.165) is 0 Å². The third-order valence-electron chi connectivity index (χ3n) is 0.785. The summed E-state index contributed by atoms with van der Waals surface area (Å²) in [7, 11) is 0. The minimum absolute atomic E-state index is 0.0694. The summed E-state index contributed by atoms with van der Waals surface area (Å²) in [6.45, 7) is 1.54. The van der Waals surface area contributed by atoms with E-state index in [1.165, 1.54) is 18.5 Å². The predicted molar refractivity (Wildman–Crippen MR) is 30.8 cm³/mol. The zero-order chi connectivity index (χ0) is 5.98. The predicted octanol–water partition coefficient (Wildman–Crippen LogP) is 0.696. The standard InChI is InChI=1S/C5H6NOS/c1-5(7)6-3-2-4-8-6/h2-4H,1H3/q+1. The first-order chi connectivity index (χ1) is 3.80. The minimum Gasteiger partial charge on any atom is -0.218 e. The first-order valence-electron chi connectivity index (χ1n) is 2.27. The van der Waals surface area contributed by atoms with E-state index in [1.54, 1.807) is 10.2 Å². The summed E-state index contributed by atoms with van der Waals surface area (Å²) in [6, 6.07) is 1.84. The second-order valence-corrected chi connectivity index (χ2v) is 2.30. The summed E-state index contributed by atoms with van der Waals surface area (Å²) in [5.41, 5.74) is 0. The van der Waals surface area contributed by atoms with Crippen LogP contribution in [0.25, 0.3) is 0 Å². The summed E-state index contributed by atoms with van der Waals surface area (Å²) in [5, 5.41) is 1.86. The highest BCUT2D eigenvalue weighted by molar-refractivity contribution is 6.99. The number of nitrogens with zero attached hydrogens (tertiary/aromatic N) is 1. The normalized spacial score (nSPS) is 9.12. The fraction of sp³-hybridized carbons (Fsp3) is 0.200. The lowest BCUT2D eigenvalue weighted by atomic mass is 10.7. The van der Waals surface area contributed by atoms with Crippen LogP contribution in [0.2, 0.25) is 0 Å². The lowest BCUT2D eigenvalue weighted by Gasteiger charge is -1.71. The van der Waals surface area contributed by atoms with Gasteiger partial charge in [-0.1, -0.05) is 3.96 Å². The van der Waals surface area contributed by atoms with E-state index in [0.29, 0.717) is 0 Å². The summed E-state index contributed by atoms with van der Waals surface area (Å²) < 4.78 is 1.57. The van der Waals surface area contributed by atoms with E-state index in [4.69, 9.17) is 0 Å². The molecule has 1 aromatic rings. The van der Waals surface area contributed by atoms with E-state index >= 15 is 0 Å². The molecule has 0 aliphatic rings. The molecule has 1 aromatic heterocycles. The first-order valence-corrected chi connectivity index (χ1v) is 3.11. The third-order valence-corrected chi connectivity index (χ3v) is 1.67. The Morgan fingerprint density at radius 3 is 2.75 bits per heavy atom. The highest BCUT2D eigenvalue weighted by atomic mass is 32.1. The van der Waals surface area contributed by atoms with Crippen LogP contribution < -0.4 is 3.96 Å². The number of carbonyl (C=O) groups excluding carboxylic acids is 1. The molecular formula is C5H6NOS+. The molecule has 1 rings (SSSR count). The van der Waals surface area contributed by atoms with Crippen molar-refractivity contribution >= 4 is 17.4 Å². The van der Waals surface area contributed by atoms with Crippen LogP contribution in [0, 0.1) is 0 Å². The van der Waals surface area contributed by atoms with Crippen molar-refractivity contribution in [3.05, 3.63) is 17.6 Å². The molecule has 0 amide bonds. The molecule has 0 saturated carbocycles. The van der Waals surface area contributed by atoms with Gasteiger partial charge in [-0.3, -0.25) is 0 Å². The monoisotopic (exact) mass is 128 g/mol. The molecule has 0 aromatic carbocycles. The average Bonchev–Trinajstić information content (AvgIpc) is 2.12. The SMILES string of the molecule is CC(=O)[n+]1cccs1. The molecular weight excluding hydrogens is 122 g/mol. The zero-order valence-electron chi connectivity index (χ0n) is 4.50. The Balaban J connectivity index is 2.93. The maximum absolute atomic E-state index is 10.5. The minimum atomic E-state index is 0.0694. The van der Waals surface area contributed by atoms with E-state index < -0.39 is 0 Å². The zero-order valence-corrected chi connectivity index (χ0v) is 5.31. The molecule has 0 saturated heterocycles. The van der Waals surface area contributed by atoms with Crippen LogP contribution in [0.3, 0.4) is 0 Å². The molecule has 0 aliphatic carbocycles. The molecule has 2 nitrogen and oxygen atoms in total. The highest BCUT2D eigenvalue weighted by Gasteiger charge is 2.05. The van der Waals surface area contributed by atoms with Gasteiger partial charge in [-0.05, 0) is 0 Å².